The van der Waals surface area contributed by atoms with E-state index in [2.05, 4.69) is 51.9 Å². The fourth-order valence-electron chi connectivity index (χ4n) is 2.28. The van der Waals surface area contributed by atoms with Gasteiger partial charge in [0.05, 0.1) is 11.0 Å². The topological polar surface area (TPSA) is 35.2 Å². The van der Waals surface area contributed by atoms with E-state index in [1.807, 2.05) is 0 Å². The molecule has 5 heteroatoms. The van der Waals surface area contributed by atoms with Gasteiger partial charge in [-0.1, -0.05) is 6.07 Å². The van der Waals surface area contributed by atoms with E-state index in [4.69, 9.17) is 0 Å². The smallest absolute Gasteiger partial charge is 0.203 e. The van der Waals surface area contributed by atoms with Gasteiger partial charge in [-0.05, 0) is 31.7 Å². The minimum atomic E-state index is 0. The second-order valence-electron chi connectivity index (χ2n) is 4.87. The third-order valence-electron chi connectivity index (χ3n) is 3.43. The molecule has 1 N–H and O–H groups in total. The molecule has 1 saturated heterocycles. The summed E-state index contributed by atoms with van der Waals surface area (Å²) in [7, 11) is 2.17. The van der Waals surface area contributed by atoms with Crippen LogP contribution in [0.4, 0.5) is 5.95 Å². The van der Waals surface area contributed by atoms with Gasteiger partial charge in [-0.15, -0.1) is 0 Å². The molecule has 4 nitrogen and oxygen atoms in total. The third-order valence-corrected chi connectivity index (χ3v) is 3.43. The summed E-state index contributed by atoms with van der Waals surface area (Å²) < 4.78 is 0. The zero-order valence-corrected chi connectivity index (χ0v) is 11.5. The van der Waals surface area contributed by atoms with Gasteiger partial charge in [-0.2, -0.15) is 0 Å². The lowest BCUT2D eigenvalue weighted by Crippen LogP contribution is -3.00. The maximum absolute atomic E-state index is 4.65. The molecule has 1 aromatic heterocycles. The van der Waals surface area contributed by atoms with Crippen LogP contribution in [0.3, 0.4) is 0 Å². The van der Waals surface area contributed by atoms with Crippen LogP contribution in [-0.4, -0.2) is 48.1 Å². The van der Waals surface area contributed by atoms with Crippen LogP contribution in [0, 0.1) is 6.92 Å². The van der Waals surface area contributed by atoms with Crippen molar-refractivity contribution in [3.05, 3.63) is 23.8 Å². The molecule has 0 radical (unpaired) electrons. The van der Waals surface area contributed by atoms with E-state index >= 15 is 0 Å². The van der Waals surface area contributed by atoms with E-state index < -0.39 is 0 Å². The summed E-state index contributed by atoms with van der Waals surface area (Å²) in [5.74, 6) is 1.01. The van der Waals surface area contributed by atoms with Gasteiger partial charge < -0.3 is 27.2 Å². The Labute approximate surface area is 113 Å². The van der Waals surface area contributed by atoms with Gasteiger partial charge in [-0.25, -0.2) is 4.98 Å². The van der Waals surface area contributed by atoms with E-state index in [1.54, 1.807) is 0 Å². The number of nitrogens with one attached hydrogen (secondary N) is 1. The van der Waals surface area contributed by atoms with Crippen molar-refractivity contribution < 1.29 is 12.4 Å². The molecule has 0 aliphatic carbocycles. The van der Waals surface area contributed by atoms with Gasteiger partial charge in [0, 0.05) is 26.2 Å². The number of fused-ring (bicyclic) bond motifs is 1. The number of hydrogen-bond donors (Lipinski definition) is 1. The highest BCUT2D eigenvalue weighted by atomic mass is 35.5. The van der Waals surface area contributed by atoms with Gasteiger partial charge in [0.15, 0.2) is 0 Å². The van der Waals surface area contributed by atoms with Crippen molar-refractivity contribution in [1.29, 1.82) is 0 Å². The van der Waals surface area contributed by atoms with E-state index in [1.165, 1.54) is 5.56 Å². The van der Waals surface area contributed by atoms with Crippen LogP contribution >= 0.6 is 0 Å². The van der Waals surface area contributed by atoms with Crippen LogP contribution in [-0.2, 0) is 0 Å². The lowest BCUT2D eigenvalue weighted by molar-refractivity contribution is -0.00000371. The molecular formula is C13H18ClN4-. The molecule has 0 amide bonds. The highest BCUT2D eigenvalue weighted by Crippen LogP contribution is 2.19. The molecule has 0 saturated carbocycles. The second kappa shape index (κ2) is 5.16. The molecule has 98 valence electrons. The quantitative estimate of drug-likeness (QED) is 0.691. The summed E-state index contributed by atoms with van der Waals surface area (Å²) in [6, 6.07) is 6.35. The zero-order valence-electron chi connectivity index (χ0n) is 10.8. The third kappa shape index (κ3) is 2.44. The Morgan fingerprint density at radius 1 is 1.17 bits per heavy atom. The van der Waals surface area contributed by atoms with E-state index in [9.17, 15) is 0 Å². The highest BCUT2D eigenvalue weighted by Gasteiger charge is 2.16. The van der Waals surface area contributed by atoms with Crippen molar-refractivity contribution in [3.63, 3.8) is 0 Å². The number of rotatable bonds is 1. The van der Waals surface area contributed by atoms with Crippen LogP contribution in [0.1, 0.15) is 5.56 Å². The second-order valence-corrected chi connectivity index (χ2v) is 4.87. The Balaban J connectivity index is 0.00000120. The molecule has 0 spiro atoms. The van der Waals surface area contributed by atoms with Crippen molar-refractivity contribution in [2.75, 3.05) is 38.1 Å². The van der Waals surface area contributed by atoms with Crippen molar-refractivity contribution in [2.24, 2.45) is 0 Å². The van der Waals surface area contributed by atoms with Gasteiger partial charge in [-0.3, -0.25) is 0 Å². The van der Waals surface area contributed by atoms with Crippen LogP contribution in [0.2, 0.25) is 0 Å². The molecule has 1 aliphatic heterocycles. The Morgan fingerprint density at radius 2 is 1.89 bits per heavy atom. The van der Waals surface area contributed by atoms with E-state index in [-0.39, 0.29) is 12.4 Å². The first-order valence-corrected chi connectivity index (χ1v) is 6.12. The summed E-state index contributed by atoms with van der Waals surface area (Å²) in [6.07, 6.45) is 0. The van der Waals surface area contributed by atoms with E-state index in [0.717, 1.165) is 43.2 Å². The number of aromatic nitrogens is 2. The molecule has 2 aromatic rings. The standard InChI is InChI=1S/C13H18N4.ClH/c1-10-3-4-11-12(9-10)15-13(14-11)17-7-5-16(2)6-8-17;/h3-4,9H,5-8H2,1-2H3,(H,14,15);1H/p-1. The first-order valence-electron chi connectivity index (χ1n) is 6.12. The maximum Gasteiger partial charge on any atom is 0.203 e. The average molecular weight is 266 g/mol. The molecule has 1 aliphatic rings. The number of likely N-dealkylation sites (N-methyl/N-ethyl adjacent to an activating group) is 1. The van der Waals surface area contributed by atoms with Crippen LogP contribution < -0.4 is 17.3 Å². The summed E-state index contributed by atoms with van der Waals surface area (Å²) >= 11 is 0. The first kappa shape index (κ1) is 13.2. The molecular weight excluding hydrogens is 248 g/mol. The monoisotopic (exact) mass is 265 g/mol. The summed E-state index contributed by atoms with van der Waals surface area (Å²) in [5, 5.41) is 0. The van der Waals surface area contributed by atoms with Gasteiger partial charge >= 0.3 is 0 Å². The fraction of sp³-hybridized carbons (Fsp3) is 0.462. The number of benzene rings is 1. The molecule has 1 fully saturated rings. The number of piperazine rings is 1. The molecule has 0 atom stereocenters. The van der Waals surface area contributed by atoms with Gasteiger partial charge in [0.1, 0.15) is 0 Å². The number of aromatic amines is 1. The number of H-pyrrole nitrogens is 1. The molecule has 0 unspecified atom stereocenters. The van der Waals surface area contributed by atoms with Crippen molar-refractivity contribution >= 4 is 17.0 Å². The largest absolute Gasteiger partial charge is 1.00 e. The summed E-state index contributed by atoms with van der Waals surface area (Å²) in [6.45, 7) is 6.42. The lowest BCUT2D eigenvalue weighted by atomic mass is 10.2. The Morgan fingerprint density at radius 3 is 2.61 bits per heavy atom. The summed E-state index contributed by atoms with van der Waals surface area (Å²) in [5.41, 5.74) is 3.47. The predicted octanol–water partition coefficient (Wildman–Crippen LogP) is -1.37. The SMILES string of the molecule is Cc1ccc2nc(N3CCN(C)CC3)[nH]c2c1.[Cl-]. The molecule has 0 bridgehead atoms. The first-order chi connectivity index (χ1) is 8.22. The number of imidazole rings is 1. The molecule has 18 heavy (non-hydrogen) atoms. The van der Waals surface area contributed by atoms with Crippen molar-refractivity contribution in [1.82, 2.24) is 14.9 Å². The molecule has 2 heterocycles. The number of hydrogen-bond acceptors (Lipinski definition) is 3. The zero-order chi connectivity index (χ0) is 11.8. The highest BCUT2D eigenvalue weighted by molar-refractivity contribution is 5.78. The van der Waals surface area contributed by atoms with Gasteiger partial charge in [0.2, 0.25) is 5.95 Å². The normalized spacial score (nSPS) is 16.9. The minimum Gasteiger partial charge on any atom is -1.00 e. The Kier molecular flexibility index (Phi) is 3.78. The van der Waals surface area contributed by atoms with Crippen LogP contribution in [0.25, 0.3) is 11.0 Å². The van der Waals surface area contributed by atoms with Gasteiger partial charge in [0.25, 0.3) is 0 Å². The predicted molar refractivity (Wildman–Crippen MR) is 70.5 cm³/mol. The fourth-order valence-corrected chi connectivity index (χ4v) is 2.28. The van der Waals surface area contributed by atoms with Crippen LogP contribution in [0.5, 0.6) is 0 Å². The maximum atomic E-state index is 4.65. The number of anilines is 1. The van der Waals surface area contributed by atoms with Crippen molar-refractivity contribution in [3.8, 4) is 0 Å². The molecule has 1 aromatic carbocycles. The lowest BCUT2D eigenvalue weighted by Gasteiger charge is -2.32. The van der Waals surface area contributed by atoms with Crippen molar-refractivity contribution in [2.45, 2.75) is 6.92 Å². The number of aryl methyl sites for hydroxylation is 1. The Bertz CT molecular complexity index is 529. The summed E-state index contributed by atoms with van der Waals surface area (Å²) in [4.78, 5) is 12.8. The average Bonchev–Trinajstić information content (AvgIpc) is 2.72. The number of nitrogens with zero attached hydrogens (tertiary/aromatic N) is 3. The minimum absolute atomic E-state index is 0. The molecule has 3 rings (SSSR count). The number of halogens is 1. The van der Waals surface area contributed by atoms with E-state index in [0.29, 0.717) is 0 Å². The Hall–Kier alpha value is -1.26. The van der Waals surface area contributed by atoms with Crippen LogP contribution in [0.15, 0.2) is 18.2 Å².